The molecule has 0 bridgehead atoms. The quantitative estimate of drug-likeness (QED) is 0.801. The molecule has 0 aromatic carbocycles. The summed E-state index contributed by atoms with van der Waals surface area (Å²) in [5.74, 6) is 1.32. The minimum atomic E-state index is 0.284. The van der Waals surface area contributed by atoms with Gasteiger partial charge in [0.1, 0.15) is 11.3 Å². The third-order valence-corrected chi connectivity index (χ3v) is 3.65. The number of nitrogens with zero attached hydrogens (tertiary/aromatic N) is 3. The van der Waals surface area contributed by atoms with Gasteiger partial charge in [-0.1, -0.05) is 0 Å². The SMILES string of the molecule is ClCc1nc2cnccc2n1CC1CCCCO1. The molecule has 0 saturated carbocycles. The van der Waals surface area contributed by atoms with Crippen molar-refractivity contribution in [3.05, 3.63) is 24.3 Å². The fourth-order valence-electron chi connectivity index (χ4n) is 2.49. The number of hydrogen-bond acceptors (Lipinski definition) is 3. The van der Waals surface area contributed by atoms with Gasteiger partial charge in [0.05, 0.1) is 30.2 Å². The second kappa shape index (κ2) is 5.24. The Balaban J connectivity index is 1.93. The number of ether oxygens (including phenoxy) is 1. The zero-order chi connectivity index (χ0) is 12.4. The highest BCUT2D eigenvalue weighted by molar-refractivity contribution is 6.16. The van der Waals surface area contributed by atoms with E-state index in [1.165, 1.54) is 12.8 Å². The Hall–Kier alpha value is -1.13. The van der Waals surface area contributed by atoms with Crippen LogP contribution >= 0.6 is 11.6 Å². The normalized spacial score (nSPS) is 20.4. The number of hydrogen-bond donors (Lipinski definition) is 0. The summed E-state index contributed by atoms with van der Waals surface area (Å²) >= 11 is 5.98. The third kappa shape index (κ3) is 2.22. The van der Waals surface area contributed by atoms with Gasteiger partial charge in [0, 0.05) is 12.8 Å². The summed E-state index contributed by atoms with van der Waals surface area (Å²) in [7, 11) is 0. The van der Waals surface area contributed by atoms with Gasteiger partial charge in [-0.2, -0.15) is 0 Å². The summed E-state index contributed by atoms with van der Waals surface area (Å²) in [4.78, 5) is 8.61. The smallest absolute Gasteiger partial charge is 0.125 e. The maximum Gasteiger partial charge on any atom is 0.125 e. The van der Waals surface area contributed by atoms with Crippen LogP contribution in [0.25, 0.3) is 11.0 Å². The lowest BCUT2D eigenvalue weighted by Gasteiger charge is -2.23. The van der Waals surface area contributed by atoms with Gasteiger partial charge in [-0.3, -0.25) is 4.98 Å². The van der Waals surface area contributed by atoms with Crippen molar-refractivity contribution in [3.8, 4) is 0 Å². The van der Waals surface area contributed by atoms with Gasteiger partial charge in [0.25, 0.3) is 0 Å². The van der Waals surface area contributed by atoms with E-state index in [-0.39, 0.29) is 6.10 Å². The topological polar surface area (TPSA) is 39.9 Å². The van der Waals surface area contributed by atoms with Crippen LogP contribution in [-0.2, 0) is 17.2 Å². The van der Waals surface area contributed by atoms with Crippen LogP contribution in [0.2, 0.25) is 0 Å². The van der Waals surface area contributed by atoms with Crippen LogP contribution in [0.4, 0.5) is 0 Å². The van der Waals surface area contributed by atoms with Gasteiger partial charge in [-0.05, 0) is 25.3 Å². The molecule has 2 aromatic rings. The second-order valence-corrected chi connectivity index (χ2v) is 4.89. The molecule has 18 heavy (non-hydrogen) atoms. The van der Waals surface area contributed by atoms with Crippen molar-refractivity contribution in [2.45, 2.75) is 37.8 Å². The molecule has 0 amide bonds. The number of fused-ring (bicyclic) bond motifs is 1. The number of aromatic nitrogens is 3. The average molecular weight is 266 g/mol. The number of alkyl halides is 1. The van der Waals surface area contributed by atoms with E-state index in [4.69, 9.17) is 16.3 Å². The maximum atomic E-state index is 5.98. The summed E-state index contributed by atoms with van der Waals surface area (Å²) in [5.41, 5.74) is 2.00. The van der Waals surface area contributed by atoms with Gasteiger partial charge in [-0.25, -0.2) is 4.98 Å². The first-order chi connectivity index (χ1) is 8.88. The largest absolute Gasteiger partial charge is 0.376 e. The van der Waals surface area contributed by atoms with Gasteiger partial charge in [-0.15, -0.1) is 11.6 Å². The summed E-state index contributed by atoms with van der Waals surface area (Å²) in [6.07, 6.45) is 7.39. The van der Waals surface area contributed by atoms with Gasteiger partial charge < -0.3 is 9.30 Å². The molecule has 3 rings (SSSR count). The predicted molar refractivity (Wildman–Crippen MR) is 70.7 cm³/mol. The first-order valence-corrected chi connectivity index (χ1v) is 6.88. The molecule has 1 aliphatic rings. The predicted octanol–water partition coefficient (Wildman–Crippen LogP) is 2.74. The Bertz CT molecular complexity index is 534. The van der Waals surface area contributed by atoms with Crippen molar-refractivity contribution < 1.29 is 4.74 Å². The Morgan fingerprint density at radius 3 is 3.17 bits per heavy atom. The molecule has 0 aliphatic carbocycles. The zero-order valence-electron chi connectivity index (χ0n) is 10.2. The fraction of sp³-hybridized carbons (Fsp3) is 0.538. The minimum Gasteiger partial charge on any atom is -0.376 e. The Morgan fingerprint density at radius 2 is 2.39 bits per heavy atom. The molecule has 5 heteroatoms. The number of halogens is 1. The highest BCUT2D eigenvalue weighted by atomic mass is 35.5. The Morgan fingerprint density at radius 1 is 1.44 bits per heavy atom. The highest BCUT2D eigenvalue weighted by Crippen LogP contribution is 2.20. The molecule has 0 radical (unpaired) electrons. The van der Waals surface area contributed by atoms with Crippen LogP contribution in [0, 0.1) is 0 Å². The molecule has 0 N–H and O–H groups in total. The Kier molecular flexibility index (Phi) is 3.48. The highest BCUT2D eigenvalue weighted by Gasteiger charge is 2.18. The third-order valence-electron chi connectivity index (χ3n) is 3.41. The van der Waals surface area contributed by atoms with Crippen LogP contribution < -0.4 is 0 Å². The Labute approximate surface area is 111 Å². The van der Waals surface area contributed by atoms with Crippen LogP contribution in [0.15, 0.2) is 18.5 Å². The van der Waals surface area contributed by atoms with Gasteiger partial charge >= 0.3 is 0 Å². The van der Waals surface area contributed by atoms with E-state index in [0.29, 0.717) is 5.88 Å². The molecule has 4 nitrogen and oxygen atoms in total. The zero-order valence-corrected chi connectivity index (χ0v) is 10.9. The van der Waals surface area contributed by atoms with Crippen LogP contribution in [0.1, 0.15) is 25.1 Å². The second-order valence-electron chi connectivity index (χ2n) is 4.63. The molecule has 2 aromatic heterocycles. The maximum absolute atomic E-state index is 5.98. The van der Waals surface area contributed by atoms with Gasteiger partial charge in [0.15, 0.2) is 0 Å². The van der Waals surface area contributed by atoms with E-state index < -0.39 is 0 Å². The lowest BCUT2D eigenvalue weighted by molar-refractivity contribution is 0.00627. The molecular weight excluding hydrogens is 250 g/mol. The van der Waals surface area contributed by atoms with Crippen molar-refractivity contribution in [2.24, 2.45) is 0 Å². The fourth-order valence-corrected chi connectivity index (χ4v) is 2.70. The van der Waals surface area contributed by atoms with Crippen LogP contribution in [0.3, 0.4) is 0 Å². The molecule has 1 aliphatic heterocycles. The lowest BCUT2D eigenvalue weighted by atomic mass is 10.1. The summed E-state index contributed by atoms with van der Waals surface area (Å²) in [6, 6.07) is 1.99. The van der Waals surface area contributed by atoms with Crippen molar-refractivity contribution in [1.29, 1.82) is 0 Å². The standard InChI is InChI=1S/C13H16ClN3O/c14-7-13-16-11-8-15-5-4-12(11)17(13)9-10-3-1-2-6-18-10/h4-5,8,10H,1-3,6-7,9H2. The first-order valence-electron chi connectivity index (χ1n) is 6.35. The van der Waals surface area contributed by atoms with E-state index in [9.17, 15) is 0 Å². The summed E-state index contributed by atoms with van der Waals surface area (Å²) in [6.45, 7) is 1.71. The van der Waals surface area contributed by atoms with Crippen LogP contribution in [0.5, 0.6) is 0 Å². The molecular formula is C13H16ClN3O. The van der Waals surface area contributed by atoms with E-state index in [2.05, 4.69) is 14.5 Å². The minimum absolute atomic E-state index is 0.284. The molecule has 3 heterocycles. The molecule has 1 atom stereocenters. The van der Waals surface area contributed by atoms with Crippen molar-refractivity contribution in [1.82, 2.24) is 14.5 Å². The summed E-state index contributed by atoms with van der Waals surface area (Å²) in [5, 5.41) is 0. The van der Waals surface area contributed by atoms with Crippen molar-refractivity contribution in [2.75, 3.05) is 6.61 Å². The molecule has 1 saturated heterocycles. The van der Waals surface area contributed by atoms with E-state index in [1.54, 1.807) is 12.4 Å². The monoisotopic (exact) mass is 265 g/mol. The number of rotatable bonds is 3. The molecule has 1 unspecified atom stereocenters. The van der Waals surface area contributed by atoms with Crippen molar-refractivity contribution >= 4 is 22.6 Å². The first kappa shape index (κ1) is 11.9. The average Bonchev–Trinajstić information content (AvgIpc) is 2.78. The van der Waals surface area contributed by atoms with E-state index >= 15 is 0 Å². The van der Waals surface area contributed by atoms with E-state index in [0.717, 1.165) is 36.4 Å². The summed E-state index contributed by atoms with van der Waals surface area (Å²) < 4.78 is 7.96. The molecule has 1 fully saturated rings. The van der Waals surface area contributed by atoms with Crippen LogP contribution in [-0.4, -0.2) is 27.2 Å². The lowest BCUT2D eigenvalue weighted by Crippen LogP contribution is -2.25. The van der Waals surface area contributed by atoms with E-state index in [1.807, 2.05) is 6.07 Å². The number of pyridine rings is 1. The van der Waals surface area contributed by atoms with Gasteiger partial charge in [0.2, 0.25) is 0 Å². The molecule has 96 valence electrons. The van der Waals surface area contributed by atoms with Crippen molar-refractivity contribution in [3.63, 3.8) is 0 Å². The number of imidazole rings is 1. The molecule has 0 spiro atoms.